The van der Waals surface area contributed by atoms with Gasteiger partial charge in [0.05, 0.1) is 5.52 Å². The predicted molar refractivity (Wildman–Crippen MR) is 123 cm³/mol. The second kappa shape index (κ2) is 6.91. The van der Waals surface area contributed by atoms with Crippen molar-refractivity contribution >= 4 is 55.5 Å². The topological polar surface area (TPSA) is 73.8 Å². The van der Waals surface area contributed by atoms with Gasteiger partial charge in [0.2, 0.25) is 5.95 Å². The Bertz CT molecular complexity index is 1270. The molecule has 0 fully saturated rings. The third kappa shape index (κ3) is 2.73. The first-order chi connectivity index (χ1) is 13.4. The van der Waals surface area contributed by atoms with Crippen molar-refractivity contribution in [3.05, 3.63) is 34.2 Å². The predicted octanol–water partition coefficient (Wildman–Crippen LogP) is 2.09. The lowest BCUT2D eigenvalue weighted by molar-refractivity contribution is 0.668. The number of anilines is 1. The van der Waals surface area contributed by atoms with Crippen LogP contribution in [-0.2, 0) is 13.6 Å². The number of fused-ring (bicyclic) bond motifs is 2. The van der Waals surface area contributed by atoms with E-state index in [0.717, 1.165) is 28.6 Å². The van der Waals surface area contributed by atoms with Crippen LogP contribution in [0.1, 0.15) is 12.5 Å². The van der Waals surface area contributed by atoms with Crippen LogP contribution in [0.4, 0.5) is 5.95 Å². The maximum atomic E-state index is 13.2. The Hall–Kier alpha value is -2.37. The lowest BCUT2D eigenvalue weighted by Crippen LogP contribution is -2.26. The Labute approximate surface area is 176 Å². The van der Waals surface area contributed by atoms with E-state index in [1.54, 1.807) is 16.2 Å². The molecule has 3 aromatic heterocycles. The molecule has 4 rings (SSSR count). The maximum absolute atomic E-state index is 13.2. The molecular formula is C18H21BIN7O. The van der Waals surface area contributed by atoms with Gasteiger partial charge in [0.15, 0.2) is 5.65 Å². The minimum absolute atomic E-state index is 0.0939. The molecule has 10 heteroatoms. The van der Waals surface area contributed by atoms with Crippen LogP contribution in [0.25, 0.3) is 33.2 Å². The largest absolute Gasteiger partial charge is 0.348 e. The van der Waals surface area contributed by atoms with Crippen LogP contribution < -0.4 is 10.5 Å². The molecule has 0 N–H and O–H groups in total. The van der Waals surface area contributed by atoms with Crippen molar-refractivity contribution in [2.75, 3.05) is 19.0 Å². The minimum atomic E-state index is -0.0939. The first-order valence-corrected chi connectivity index (χ1v) is 10.6. The van der Waals surface area contributed by atoms with Gasteiger partial charge in [-0.15, -0.1) is 22.4 Å². The number of benzene rings is 1. The molecule has 0 bridgehead atoms. The van der Waals surface area contributed by atoms with Crippen molar-refractivity contribution in [1.29, 1.82) is 0 Å². The summed E-state index contributed by atoms with van der Waals surface area (Å²) in [4.78, 5) is 19.8. The zero-order valence-corrected chi connectivity index (χ0v) is 18.7. The fourth-order valence-corrected chi connectivity index (χ4v) is 4.04. The summed E-state index contributed by atoms with van der Waals surface area (Å²) < 4.78 is 5.29. The molecule has 0 unspecified atom stereocenters. The van der Waals surface area contributed by atoms with Crippen molar-refractivity contribution in [2.45, 2.75) is 20.4 Å². The van der Waals surface area contributed by atoms with Crippen molar-refractivity contribution < 1.29 is 0 Å². The monoisotopic (exact) mass is 489 g/mol. The summed E-state index contributed by atoms with van der Waals surface area (Å²) in [7, 11) is 5.50. The van der Waals surface area contributed by atoms with Crippen molar-refractivity contribution in [3.63, 3.8) is 0 Å². The lowest BCUT2D eigenvalue weighted by Gasteiger charge is -2.15. The molecule has 0 atom stereocenters. The van der Waals surface area contributed by atoms with Crippen molar-refractivity contribution in [2.24, 2.45) is 7.05 Å². The number of nitrogens with zero attached hydrogens (tertiary/aromatic N) is 7. The van der Waals surface area contributed by atoms with Gasteiger partial charge < -0.3 is 4.90 Å². The highest BCUT2D eigenvalue weighted by molar-refractivity contribution is 14.1. The molecule has 0 radical (unpaired) electrons. The molecule has 144 valence electrons. The summed E-state index contributed by atoms with van der Waals surface area (Å²) in [5.41, 5.74) is 4.14. The van der Waals surface area contributed by atoms with Crippen LogP contribution >= 0.6 is 22.4 Å². The molecule has 0 saturated heterocycles. The van der Waals surface area contributed by atoms with E-state index in [2.05, 4.69) is 41.3 Å². The molecule has 0 aliphatic carbocycles. The van der Waals surface area contributed by atoms with Crippen LogP contribution in [0.3, 0.4) is 0 Å². The molecule has 28 heavy (non-hydrogen) atoms. The number of halogens is 1. The van der Waals surface area contributed by atoms with E-state index in [9.17, 15) is 4.79 Å². The van der Waals surface area contributed by atoms with E-state index in [-0.39, 0.29) is 5.56 Å². The van der Waals surface area contributed by atoms with Gasteiger partial charge >= 0.3 is 5.27 Å². The summed E-state index contributed by atoms with van der Waals surface area (Å²) in [6.07, 6.45) is 2.05. The van der Waals surface area contributed by atoms with Crippen LogP contribution in [-0.4, -0.2) is 48.4 Å². The van der Waals surface area contributed by atoms with Gasteiger partial charge in [-0.25, -0.2) is 0 Å². The summed E-state index contributed by atoms with van der Waals surface area (Å²) in [6.45, 7) is 4.93. The molecule has 0 amide bonds. The van der Waals surface area contributed by atoms with Crippen LogP contribution in [0.15, 0.2) is 23.1 Å². The Morgan fingerprint density at radius 2 is 2.00 bits per heavy atom. The van der Waals surface area contributed by atoms with Gasteiger partial charge in [-0.1, -0.05) is 6.07 Å². The summed E-state index contributed by atoms with van der Waals surface area (Å²) >= 11 is 2.24. The van der Waals surface area contributed by atoms with E-state index in [4.69, 9.17) is 10.1 Å². The van der Waals surface area contributed by atoms with E-state index >= 15 is 0 Å². The van der Waals surface area contributed by atoms with Gasteiger partial charge in [0, 0.05) is 44.8 Å². The second-order valence-electron chi connectivity index (χ2n) is 6.99. The summed E-state index contributed by atoms with van der Waals surface area (Å²) in [6, 6.07) is 3.99. The van der Waals surface area contributed by atoms with Gasteiger partial charge in [-0.2, -0.15) is 15.2 Å². The molecule has 4 aromatic rings. The molecule has 0 aliphatic rings. The molecule has 1 aromatic carbocycles. The lowest BCUT2D eigenvalue weighted by atomic mass is 10.0. The SMILES string of the molecule is CCn1cc2c(C)c(-c3nn(BI)c4nc(N(C)C)n(C)c(=O)c34)ccc2n1. The van der Waals surface area contributed by atoms with Crippen LogP contribution in [0.5, 0.6) is 0 Å². The maximum Gasteiger partial charge on any atom is 0.338 e. The number of aromatic nitrogens is 6. The Kier molecular flexibility index (Phi) is 4.68. The standard InChI is InChI=1S/C18H21BIN7O/c1-6-26-9-12-10(2)11(7-8-13(12)22-26)15-14-16(27(19-20)23-15)21-18(24(3)4)25(5)17(14)28/h7-9,19H,6H2,1-5H3. The number of rotatable bonds is 4. The highest BCUT2D eigenvalue weighted by Crippen LogP contribution is 2.32. The minimum Gasteiger partial charge on any atom is -0.348 e. The van der Waals surface area contributed by atoms with Crippen molar-refractivity contribution in [1.82, 2.24) is 29.0 Å². The molecule has 0 saturated carbocycles. The van der Waals surface area contributed by atoms with E-state index in [0.29, 0.717) is 27.9 Å². The Morgan fingerprint density at radius 3 is 2.64 bits per heavy atom. The summed E-state index contributed by atoms with van der Waals surface area (Å²) in [5, 5.41) is 11.6. The zero-order valence-electron chi connectivity index (χ0n) is 16.6. The number of hydrogen-bond donors (Lipinski definition) is 0. The number of aryl methyl sites for hydroxylation is 2. The average molecular weight is 489 g/mol. The third-order valence-corrected chi connectivity index (χ3v) is 5.69. The third-order valence-electron chi connectivity index (χ3n) is 5.05. The molecule has 0 spiro atoms. The zero-order chi connectivity index (χ0) is 20.2. The van der Waals surface area contributed by atoms with Gasteiger partial charge in [-0.05, 0) is 25.5 Å². The van der Waals surface area contributed by atoms with E-state index in [1.165, 1.54) is 0 Å². The van der Waals surface area contributed by atoms with E-state index in [1.807, 2.05) is 42.0 Å². The first-order valence-electron chi connectivity index (χ1n) is 9.05. The average Bonchev–Trinajstić information content (AvgIpc) is 3.26. The van der Waals surface area contributed by atoms with Gasteiger partial charge in [0.1, 0.15) is 11.1 Å². The van der Waals surface area contributed by atoms with Crippen molar-refractivity contribution in [3.8, 4) is 11.3 Å². The smallest absolute Gasteiger partial charge is 0.338 e. The van der Waals surface area contributed by atoms with Crippen LogP contribution in [0, 0.1) is 6.92 Å². The fraction of sp³-hybridized carbons (Fsp3) is 0.333. The highest BCUT2D eigenvalue weighted by atomic mass is 127. The molecule has 3 heterocycles. The Morgan fingerprint density at radius 1 is 1.25 bits per heavy atom. The number of hydrogen-bond acceptors (Lipinski definition) is 5. The second-order valence-corrected chi connectivity index (χ2v) is 7.67. The quantitative estimate of drug-likeness (QED) is 0.325. The Balaban J connectivity index is 2.07. The molecular weight excluding hydrogens is 468 g/mol. The molecule has 0 aliphatic heterocycles. The first kappa shape index (κ1) is 19.0. The van der Waals surface area contributed by atoms with Gasteiger partial charge in [0.25, 0.3) is 5.56 Å². The fourth-order valence-electron chi connectivity index (χ4n) is 3.56. The summed E-state index contributed by atoms with van der Waals surface area (Å²) in [5.74, 6) is 0.603. The van der Waals surface area contributed by atoms with Crippen LogP contribution in [0.2, 0.25) is 0 Å². The van der Waals surface area contributed by atoms with Gasteiger partial charge in [-0.3, -0.25) is 18.6 Å². The van der Waals surface area contributed by atoms with E-state index < -0.39 is 0 Å². The molecule has 8 nitrogen and oxygen atoms in total. The normalized spacial score (nSPS) is 11.5. The highest BCUT2D eigenvalue weighted by Gasteiger charge is 2.22.